The summed E-state index contributed by atoms with van der Waals surface area (Å²) in [4.78, 5) is 0.220. The van der Waals surface area contributed by atoms with Crippen LogP contribution in [0.15, 0.2) is 23.1 Å². The number of methoxy groups -OCH3 is 1. The van der Waals surface area contributed by atoms with Crippen LogP contribution in [0.3, 0.4) is 0 Å². The van der Waals surface area contributed by atoms with E-state index in [4.69, 9.17) is 4.74 Å². The highest BCUT2D eigenvalue weighted by molar-refractivity contribution is 7.89. The van der Waals surface area contributed by atoms with E-state index in [-0.39, 0.29) is 10.9 Å². The molecule has 0 aliphatic heterocycles. The minimum atomic E-state index is -3.50. The van der Waals surface area contributed by atoms with Crippen molar-refractivity contribution in [3.8, 4) is 5.75 Å². The van der Waals surface area contributed by atoms with Crippen molar-refractivity contribution in [2.75, 3.05) is 7.11 Å². The molecule has 2 rings (SSSR count). The topological polar surface area (TPSA) is 55.4 Å². The summed E-state index contributed by atoms with van der Waals surface area (Å²) in [6.07, 6.45) is 2.21. The molecule has 0 saturated heterocycles. The molecule has 0 spiro atoms. The first-order chi connectivity index (χ1) is 8.44. The summed E-state index contributed by atoms with van der Waals surface area (Å²) < 4.78 is 32.5. The van der Waals surface area contributed by atoms with Crippen molar-refractivity contribution in [2.24, 2.45) is 5.92 Å². The van der Waals surface area contributed by atoms with Crippen molar-refractivity contribution in [3.63, 3.8) is 0 Å². The highest BCUT2D eigenvalue weighted by atomic mass is 32.2. The van der Waals surface area contributed by atoms with E-state index in [1.54, 1.807) is 12.1 Å². The van der Waals surface area contributed by atoms with Gasteiger partial charge in [0.25, 0.3) is 0 Å². The Morgan fingerprint density at radius 1 is 1.39 bits per heavy atom. The lowest BCUT2D eigenvalue weighted by atomic mass is 10.2. The van der Waals surface area contributed by atoms with Crippen molar-refractivity contribution < 1.29 is 13.2 Å². The summed E-state index contributed by atoms with van der Waals surface area (Å²) in [6.45, 7) is 3.78. The Balaban J connectivity index is 2.30. The van der Waals surface area contributed by atoms with Gasteiger partial charge in [-0.3, -0.25) is 0 Å². The fourth-order valence-corrected chi connectivity index (χ4v) is 3.56. The highest BCUT2D eigenvalue weighted by Gasteiger charge is 2.32. The predicted octanol–water partition coefficient (Wildman–Crippen LogP) is 2.08. The first-order valence-corrected chi connectivity index (χ1v) is 7.59. The van der Waals surface area contributed by atoms with E-state index in [0.29, 0.717) is 11.7 Å². The normalized spacial score (nSPS) is 17.5. The number of hydrogen-bond acceptors (Lipinski definition) is 3. The molecule has 0 aromatic heterocycles. The van der Waals surface area contributed by atoms with Gasteiger partial charge in [-0.2, -0.15) is 0 Å². The van der Waals surface area contributed by atoms with Crippen LogP contribution in [-0.4, -0.2) is 21.6 Å². The number of rotatable bonds is 5. The van der Waals surface area contributed by atoms with E-state index in [1.165, 1.54) is 7.11 Å². The van der Waals surface area contributed by atoms with Crippen LogP contribution >= 0.6 is 0 Å². The van der Waals surface area contributed by atoms with Gasteiger partial charge < -0.3 is 4.74 Å². The second kappa shape index (κ2) is 4.90. The third-order valence-electron chi connectivity index (χ3n) is 3.28. The van der Waals surface area contributed by atoms with Crippen LogP contribution in [0.25, 0.3) is 0 Å². The number of sulfonamides is 1. The quantitative estimate of drug-likeness (QED) is 0.890. The van der Waals surface area contributed by atoms with Gasteiger partial charge in [0.1, 0.15) is 10.6 Å². The fourth-order valence-electron chi connectivity index (χ4n) is 1.99. The van der Waals surface area contributed by atoms with Crippen molar-refractivity contribution >= 4 is 10.0 Å². The number of ether oxygens (including phenoxy) is 1. The zero-order chi connectivity index (χ0) is 13.3. The van der Waals surface area contributed by atoms with Gasteiger partial charge in [-0.15, -0.1) is 0 Å². The molecule has 4 nitrogen and oxygen atoms in total. The second-order valence-corrected chi connectivity index (χ2v) is 6.58. The van der Waals surface area contributed by atoms with Gasteiger partial charge >= 0.3 is 0 Å². The van der Waals surface area contributed by atoms with Gasteiger partial charge in [-0.25, -0.2) is 13.1 Å². The summed E-state index contributed by atoms with van der Waals surface area (Å²) in [7, 11) is -2.02. The Morgan fingerprint density at radius 2 is 2.06 bits per heavy atom. The van der Waals surface area contributed by atoms with Crippen molar-refractivity contribution in [1.82, 2.24) is 4.72 Å². The summed E-state index contributed by atoms with van der Waals surface area (Å²) in [5.74, 6) is 0.867. The SMILES string of the molecule is COc1ccc(C)cc1S(=O)(=O)N[C@@H](C)C1CC1. The first kappa shape index (κ1) is 13.4. The summed E-state index contributed by atoms with van der Waals surface area (Å²) in [5.41, 5.74) is 0.898. The van der Waals surface area contributed by atoms with E-state index in [0.717, 1.165) is 18.4 Å². The largest absolute Gasteiger partial charge is 0.495 e. The second-order valence-electron chi connectivity index (χ2n) is 4.90. The Labute approximate surface area is 108 Å². The maximum atomic E-state index is 12.3. The molecule has 1 aliphatic rings. The molecule has 1 saturated carbocycles. The van der Waals surface area contributed by atoms with Crippen molar-refractivity contribution in [2.45, 2.75) is 37.6 Å². The Bertz CT molecular complexity index is 535. The molecule has 0 amide bonds. The third-order valence-corrected chi connectivity index (χ3v) is 4.86. The van der Waals surface area contributed by atoms with Gasteiger partial charge in [0.05, 0.1) is 7.11 Å². The summed E-state index contributed by atoms with van der Waals surface area (Å²) in [5, 5.41) is 0. The summed E-state index contributed by atoms with van der Waals surface area (Å²) >= 11 is 0. The fraction of sp³-hybridized carbons (Fsp3) is 0.538. The van der Waals surface area contributed by atoms with Crippen LogP contribution in [0.4, 0.5) is 0 Å². The van der Waals surface area contributed by atoms with E-state index >= 15 is 0 Å². The Kier molecular flexibility index (Phi) is 3.64. The molecule has 5 heteroatoms. The molecule has 1 fully saturated rings. The van der Waals surface area contributed by atoms with Gasteiger partial charge in [-0.05, 0) is 50.3 Å². The van der Waals surface area contributed by atoms with Gasteiger partial charge in [0.2, 0.25) is 10.0 Å². The molecule has 0 radical (unpaired) electrons. The van der Waals surface area contributed by atoms with Gasteiger partial charge in [0.15, 0.2) is 0 Å². The molecular weight excluding hydrogens is 250 g/mol. The molecule has 1 aromatic carbocycles. The van der Waals surface area contributed by atoms with Crippen LogP contribution in [0.2, 0.25) is 0 Å². The van der Waals surface area contributed by atoms with Crippen LogP contribution in [0.5, 0.6) is 5.75 Å². The molecule has 0 heterocycles. The lowest BCUT2D eigenvalue weighted by Crippen LogP contribution is -2.34. The van der Waals surface area contributed by atoms with Crippen LogP contribution in [0.1, 0.15) is 25.3 Å². The Morgan fingerprint density at radius 3 is 2.61 bits per heavy atom. The zero-order valence-electron chi connectivity index (χ0n) is 10.9. The molecular formula is C13H19NO3S. The molecule has 18 heavy (non-hydrogen) atoms. The lowest BCUT2D eigenvalue weighted by molar-refractivity contribution is 0.401. The Hall–Kier alpha value is -1.07. The average Bonchev–Trinajstić information content (AvgIpc) is 3.12. The van der Waals surface area contributed by atoms with Crippen LogP contribution in [0, 0.1) is 12.8 Å². The lowest BCUT2D eigenvalue weighted by Gasteiger charge is -2.15. The van der Waals surface area contributed by atoms with E-state index in [9.17, 15) is 8.42 Å². The number of aryl methyl sites for hydroxylation is 1. The van der Waals surface area contributed by atoms with Crippen LogP contribution in [-0.2, 0) is 10.0 Å². The molecule has 1 aromatic rings. The summed E-state index contributed by atoms with van der Waals surface area (Å²) in [6, 6.07) is 5.15. The molecule has 0 unspecified atom stereocenters. The van der Waals surface area contributed by atoms with E-state index in [2.05, 4.69) is 4.72 Å². The van der Waals surface area contributed by atoms with E-state index < -0.39 is 10.0 Å². The zero-order valence-corrected chi connectivity index (χ0v) is 11.8. The van der Waals surface area contributed by atoms with Crippen molar-refractivity contribution in [1.29, 1.82) is 0 Å². The van der Waals surface area contributed by atoms with E-state index in [1.807, 2.05) is 19.9 Å². The van der Waals surface area contributed by atoms with Gasteiger partial charge in [0, 0.05) is 6.04 Å². The standard InChI is InChI=1S/C13H19NO3S/c1-9-4-7-12(17-3)13(8-9)18(15,16)14-10(2)11-5-6-11/h4,7-8,10-11,14H,5-6H2,1-3H3/t10-/m0/s1. The minimum absolute atomic E-state index is 0.0137. The molecule has 100 valence electrons. The maximum Gasteiger partial charge on any atom is 0.244 e. The molecule has 1 atom stereocenters. The number of hydrogen-bond donors (Lipinski definition) is 1. The molecule has 0 bridgehead atoms. The third kappa shape index (κ3) is 2.84. The highest BCUT2D eigenvalue weighted by Crippen LogP contribution is 2.33. The smallest absolute Gasteiger partial charge is 0.244 e. The van der Waals surface area contributed by atoms with Gasteiger partial charge in [-0.1, -0.05) is 6.07 Å². The minimum Gasteiger partial charge on any atom is -0.495 e. The monoisotopic (exact) mass is 269 g/mol. The number of benzene rings is 1. The predicted molar refractivity (Wildman–Crippen MR) is 70.2 cm³/mol. The average molecular weight is 269 g/mol. The molecule has 1 aliphatic carbocycles. The number of nitrogens with one attached hydrogen (secondary N) is 1. The van der Waals surface area contributed by atoms with Crippen molar-refractivity contribution in [3.05, 3.63) is 23.8 Å². The van der Waals surface area contributed by atoms with Crippen LogP contribution < -0.4 is 9.46 Å². The molecule has 1 N–H and O–H groups in total. The first-order valence-electron chi connectivity index (χ1n) is 6.11. The maximum absolute atomic E-state index is 12.3.